The van der Waals surface area contributed by atoms with Crippen molar-refractivity contribution in [3.05, 3.63) is 70.9 Å². The van der Waals surface area contributed by atoms with E-state index in [1.165, 1.54) is 25.3 Å². The fourth-order valence-corrected chi connectivity index (χ4v) is 6.40. The maximum Gasteiger partial charge on any atom is 0.326 e. The van der Waals surface area contributed by atoms with Crippen molar-refractivity contribution in [3.63, 3.8) is 0 Å². The first kappa shape index (κ1) is 23.1. The van der Waals surface area contributed by atoms with Gasteiger partial charge in [-0.15, -0.1) is 0 Å². The molecule has 1 aliphatic rings. The van der Waals surface area contributed by atoms with Crippen LogP contribution >= 0.6 is 11.6 Å². The van der Waals surface area contributed by atoms with Crippen molar-refractivity contribution in [2.24, 2.45) is 0 Å². The molecule has 1 saturated heterocycles. The number of aromatic nitrogens is 2. The average molecular weight is 490 g/mol. The van der Waals surface area contributed by atoms with Crippen molar-refractivity contribution < 1.29 is 23.1 Å². The molecule has 0 amide bonds. The number of anilines is 1. The number of ether oxygens (including phenoxy) is 1. The summed E-state index contributed by atoms with van der Waals surface area (Å²) in [5.41, 5.74) is 1.72. The maximum absolute atomic E-state index is 13.4. The maximum atomic E-state index is 13.4. The number of benzene rings is 2. The van der Waals surface area contributed by atoms with E-state index in [9.17, 15) is 18.3 Å². The smallest absolute Gasteiger partial charge is 0.326 e. The van der Waals surface area contributed by atoms with Gasteiger partial charge >= 0.3 is 5.97 Å². The summed E-state index contributed by atoms with van der Waals surface area (Å²) in [6.07, 6.45) is -0.0599. The van der Waals surface area contributed by atoms with E-state index in [1.807, 2.05) is 37.3 Å². The molecular weight excluding hydrogens is 466 g/mol. The van der Waals surface area contributed by atoms with E-state index in [-0.39, 0.29) is 22.9 Å². The number of hydrogen-bond acceptors (Lipinski definition) is 6. The third-order valence-corrected chi connectivity index (χ3v) is 8.40. The predicted molar refractivity (Wildman–Crippen MR) is 125 cm³/mol. The molecule has 0 radical (unpaired) electrons. The number of sulfone groups is 1. The van der Waals surface area contributed by atoms with E-state index in [1.54, 1.807) is 15.6 Å². The summed E-state index contributed by atoms with van der Waals surface area (Å²) in [7, 11) is -2.42. The molecule has 1 fully saturated rings. The number of aliphatic carboxylic acids is 1. The number of carbonyl (C=O) groups is 1. The van der Waals surface area contributed by atoms with Crippen molar-refractivity contribution in [1.29, 1.82) is 0 Å². The summed E-state index contributed by atoms with van der Waals surface area (Å²) in [5.74, 6) is -0.0726. The number of hydrogen-bond donors (Lipinski definition) is 1. The number of nitrogens with zero attached hydrogens (tertiary/aromatic N) is 3. The van der Waals surface area contributed by atoms with Gasteiger partial charge in [0.1, 0.15) is 17.6 Å². The van der Waals surface area contributed by atoms with Crippen LogP contribution in [0.4, 0.5) is 5.82 Å². The highest BCUT2D eigenvalue weighted by atomic mass is 35.5. The Bertz CT molecular complexity index is 1280. The molecule has 33 heavy (non-hydrogen) atoms. The lowest BCUT2D eigenvalue weighted by atomic mass is 10.2. The molecule has 3 aromatic rings. The van der Waals surface area contributed by atoms with Gasteiger partial charge < -0.3 is 14.7 Å². The van der Waals surface area contributed by atoms with Crippen LogP contribution in [0.1, 0.15) is 17.7 Å². The molecule has 1 aliphatic heterocycles. The van der Waals surface area contributed by atoms with Crippen LogP contribution in [0.25, 0.3) is 0 Å². The Kier molecular flexibility index (Phi) is 6.36. The number of methoxy groups -OCH3 is 1. The summed E-state index contributed by atoms with van der Waals surface area (Å²) in [6, 6.07) is 14.8. The fourth-order valence-electron chi connectivity index (χ4n) is 4.16. The summed E-state index contributed by atoms with van der Waals surface area (Å²) in [6.45, 7) is 2.28. The Morgan fingerprint density at radius 2 is 1.94 bits per heavy atom. The lowest BCUT2D eigenvalue weighted by Gasteiger charge is -2.24. The quantitative estimate of drug-likeness (QED) is 0.542. The van der Waals surface area contributed by atoms with Crippen LogP contribution in [0.5, 0.6) is 5.75 Å². The molecule has 10 heteroatoms. The van der Waals surface area contributed by atoms with Crippen LogP contribution in [-0.2, 0) is 21.2 Å². The Morgan fingerprint density at radius 3 is 2.58 bits per heavy atom. The molecule has 8 nitrogen and oxygen atoms in total. The minimum atomic E-state index is -3.89. The van der Waals surface area contributed by atoms with Crippen molar-refractivity contribution in [3.8, 4) is 5.75 Å². The minimum Gasteiger partial charge on any atom is -0.497 e. The molecule has 0 bridgehead atoms. The number of rotatable bonds is 7. The van der Waals surface area contributed by atoms with Crippen LogP contribution in [0.2, 0.25) is 5.02 Å². The second kappa shape index (κ2) is 9.07. The number of carboxylic acid groups (broad SMARTS) is 1. The van der Waals surface area contributed by atoms with E-state index in [4.69, 9.17) is 16.3 Å². The highest BCUT2D eigenvalue weighted by molar-refractivity contribution is 7.92. The topological polar surface area (TPSA) is 102 Å². The normalized spacial score (nSPS) is 18.5. The van der Waals surface area contributed by atoms with Crippen molar-refractivity contribution in [2.45, 2.75) is 36.1 Å². The molecule has 174 valence electrons. The molecule has 2 heterocycles. The van der Waals surface area contributed by atoms with Gasteiger partial charge in [0.05, 0.1) is 34.5 Å². The van der Waals surface area contributed by atoms with Crippen LogP contribution in [0.3, 0.4) is 0 Å². The monoisotopic (exact) mass is 489 g/mol. The molecule has 0 spiro atoms. The summed E-state index contributed by atoms with van der Waals surface area (Å²) in [5, 5.41) is 13.5. The van der Waals surface area contributed by atoms with Gasteiger partial charge in [-0.25, -0.2) is 17.9 Å². The fraction of sp³-hybridized carbons (Fsp3) is 0.304. The SMILES string of the molecule is COc1ccc(S(=O)(=O)C2CC(C(=O)O)N(c3cc(C)nn3Cc3ccccc3)C2)c(Cl)c1. The lowest BCUT2D eigenvalue weighted by molar-refractivity contribution is -0.138. The molecule has 1 aromatic heterocycles. The van der Waals surface area contributed by atoms with Gasteiger partial charge in [0.2, 0.25) is 0 Å². The van der Waals surface area contributed by atoms with Gasteiger partial charge in [0.25, 0.3) is 0 Å². The Morgan fingerprint density at radius 1 is 1.21 bits per heavy atom. The number of carboxylic acids is 1. The van der Waals surface area contributed by atoms with E-state index in [0.717, 1.165) is 11.3 Å². The molecule has 0 saturated carbocycles. The molecule has 1 N–H and O–H groups in total. The van der Waals surface area contributed by atoms with Crippen LogP contribution in [0.15, 0.2) is 59.5 Å². The first-order valence-corrected chi connectivity index (χ1v) is 12.3. The van der Waals surface area contributed by atoms with E-state index < -0.39 is 27.1 Å². The molecule has 2 aromatic carbocycles. The Labute approximate surface area is 197 Å². The number of halogens is 1. The zero-order valence-corrected chi connectivity index (χ0v) is 19.8. The number of aryl methyl sites for hydroxylation is 1. The summed E-state index contributed by atoms with van der Waals surface area (Å²) < 4.78 is 33.6. The van der Waals surface area contributed by atoms with Crippen molar-refractivity contribution in [2.75, 3.05) is 18.6 Å². The van der Waals surface area contributed by atoms with Crippen molar-refractivity contribution in [1.82, 2.24) is 9.78 Å². The second-order valence-electron chi connectivity index (χ2n) is 7.99. The third-order valence-electron chi connectivity index (χ3n) is 5.78. The average Bonchev–Trinajstić information content (AvgIpc) is 3.38. The first-order valence-electron chi connectivity index (χ1n) is 10.4. The summed E-state index contributed by atoms with van der Waals surface area (Å²) in [4.78, 5) is 13.7. The molecular formula is C23H24ClN3O5S. The highest BCUT2D eigenvalue weighted by Gasteiger charge is 2.45. The van der Waals surface area contributed by atoms with E-state index in [0.29, 0.717) is 18.1 Å². The van der Waals surface area contributed by atoms with Crippen LogP contribution in [0, 0.1) is 6.92 Å². The van der Waals surface area contributed by atoms with Crippen LogP contribution < -0.4 is 9.64 Å². The first-order chi connectivity index (χ1) is 15.7. The molecule has 0 aliphatic carbocycles. The van der Waals surface area contributed by atoms with Crippen LogP contribution in [-0.4, -0.2) is 54.2 Å². The van der Waals surface area contributed by atoms with Gasteiger partial charge in [0.15, 0.2) is 9.84 Å². The van der Waals surface area contributed by atoms with Gasteiger partial charge in [-0.3, -0.25) is 0 Å². The van der Waals surface area contributed by atoms with E-state index >= 15 is 0 Å². The summed E-state index contributed by atoms with van der Waals surface area (Å²) >= 11 is 6.24. The van der Waals surface area contributed by atoms with Gasteiger partial charge in [-0.2, -0.15) is 5.10 Å². The molecule has 4 rings (SSSR count). The van der Waals surface area contributed by atoms with Gasteiger partial charge in [-0.05, 0) is 31.0 Å². The minimum absolute atomic E-state index is 0.0155. The third kappa shape index (κ3) is 4.56. The Hall–Kier alpha value is -3.04. The standard InChI is InChI=1S/C23H24ClN3O5S/c1-15-10-22(27(25-15)13-16-6-4-3-5-7-16)26-14-18(12-20(26)23(28)29)33(30,31)21-9-8-17(32-2)11-19(21)24/h3-11,18,20H,12-14H2,1-2H3,(H,28,29). The molecule has 2 atom stereocenters. The molecule has 2 unspecified atom stereocenters. The zero-order chi connectivity index (χ0) is 23.8. The van der Waals surface area contributed by atoms with Gasteiger partial charge in [0, 0.05) is 18.7 Å². The van der Waals surface area contributed by atoms with Crippen molar-refractivity contribution >= 4 is 33.2 Å². The van der Waals surface area contributed by atoms with Gasteiger partial charge in [-0.1, -0.05) is 41.9 Å². The van der Waals surface area contributed by atoms with E-state index in [2.05, 4.69) is 5.10 Å². The zero-order valence-electron chi connectivity index (χ0n) is 18.2. The predicted octanol–water partition coefficient (Wildman–Crippen LogP) is 3.41. The second-order valence-corrected chi connectivity index (χ2v) is 10.6. The Balaban J connectivity index is 1.68. The largest absolute Gasteiger partial charge is 0.497 e. The lowest BCUT2D eigenvalue weighted by Crippen LogP contribution is -2.37. The highest BCUT2D eigenvalue weighted by Crippen LogP contribution is 2.36.